The maximum atomic E-state index is 13.0. The molecule has 7 heteroatoms. The Morgan fingerprint density at radius 3 is 2.57 bits per heavy atom. The number of ether oxygens (including phenoxy) is 1. The van der Waals surface area contributed by atoms with E-state index in [1.54, 1.807) is 34.5 Å². The molecule has 1 amide bonds. The van der Waals surface area contributed by atoms with Crippen LogP contribution in [-0.4, -0.2) is 45.4 Å². The number of benzene rings is 2. The standard InChI is InChI=1S/C23H28N2O4S/c1-29-22-9-3-2-7-18(22)10-13-23(26)25-16-6-8-19-17-20(11-12-21(19)25)30(27,28)24-14-4-5-15-24/h2-3,7,9,11-12,17H,4-6,8,10,13-16H2,1H3. The minimum Gasteiger partial charge on any atom is -0.496 e. The van der Waals surface area contributed by atoms with Crippen molar-refractivity contribution in [1.29, 1.82) is 0 Å². The zero-order valence-electron chi connectivity index (χ0n) is 17.3. The number of fused-ring (bicyclic) bond motifs is 1. The van der Waals surface area contributed by atoms with Crippen molar-refractivity contribution in [2.24, 2.45) is 0 Å². The molecular weight excluding hydrogens is 400 g/mol. The van der Waals surface area contributed by atoms with Gasteiger partial charge < -0.3 is 9.64 Å². The molecule has 0 aromatic heterocycles. The molecule has 2 aliphatic heterocycles. The van der Waals surface area contributed by atoms with E-state index in [0.29, 0.717) is 37.4 Å². The van der Waals surface area contributed by atoms with E-state index in [4.69, 9.17) is 4.74 Å². The summed E-state index contributed by atoms with van der Waals surface area (Å²) in [6.45, 7) is 1.84. The van der Waals surface area contributed by atoms with Gasteiger partial charge in [-0.2, -0.15) is 4.31 Å². The fourth-order valence-electron chi connectivity index (χ4n) is 4.36. The molecule has 1 saturated heterocycles. The first-order valence-electron chi connectivity index (χ1n) is 10.6. The maximum absolute atomic E-state index is 13.0. The second-order valence-corrected chi connectivity index (χ2v) is 9.80. The molecule has 0 aliphatic carbocycles. The largest absolute Gasteiger partial charge is 0.496 e. The lowest BCUT2D eigenvalue weighted by atomic mass is 10.0. The van der Waals surface area contributed by atoms with Gasteiger partial charge in [-0.3, -0.25) is 4.79 Å². The zero-order chi connectivity index (χ0) is 21.1. The molecule has 0 saturated carbocycles. The number of hydrogen-bond acceptors (Lipinski definition) is 4. The van der Waals surface area contributed by atoms with Crippen LogP contribution >= 0.6 is 0 Å². The number of para-hydroxylation sites is 1. The van der Waals surface area contributed by atoms with Gasteiger partial charge in [0.1, 0.15) is 5.75 Å². The number of carbonyl (C=O) groups excluding carboxylic acids is 1. The van der Waals surface area contributed by atoms with Crippen LogP contribution in [0.15, 0.2) is 47.4 Å². The Morgan fingerprint density at radius 1 is 1.03 bits per heavy atom. The van der Waals surface area contributed by atoms with Crippen molar-refractivity contribution in [3.63, 3.8) is 0 Å². The van der Waals surface area contributed by atoms with Crippen LogP contribution in [0, 0.1) is 0 Å². The van der Waals surface area contributed by atoms with Crippen molar-refractivity contribution in [2.75, 3.05) is 31.6 Å². The number of hydrogen-bond donors (Lipinski definition) is 0. The number of carbonyl (C=O) groups is 1. The van der Waals surface area contributed by atoms with Gasteiger partial charge in [0.2, 0.25) is 15.9 Å². The first-order chi connectivity index (χ1) is 14.5. The van der Waals surface area contributed by atoms with Gasteiger partial charge >= 0.3 is 0 Å². The predicted molar refractivity (Wildman–Crippen MR) is 116 cm³/mol. The molecule has 0 unspecified atom stereocenters. The monoisotopic (exact) mass is 428 g/mol. The van der Waals surface area contributed by atoms with Crippen molar-refractivity contribution < 1.29 is 17.9 Å². The highest BCUT2D eigenvalue weighted by Crippen LogP contribution is 2.32. The average molecular weight is 429 g/mol. The molecule has 160 valence electrons. The summed E-state index contributed by atoms with van der Waals surface area (Å²) in [5.74, 6) is 0.845. The minimum atomic E-state index is -3.45. The lowest BCUT2D eigenvalue weighted by Crippen LogP contribution is -2.36. The van der Waals surface area contributed by atoms with Crippen molar-refractivity contribution in [3.8, 4) is 5.75 Å². The smallest absolute Gasteiger partial charge is 0.243 e. The fraction of sp³-hybridized carbons (Fsp3) is 0.435. The summed E-state index contributed by atoms with van der Waals surface area (Å²) >= 11 is 0. The van der Waals surface area contributed by atoms with Crippen LogP contribution in [0.25, 0.3) is 0 Å². The summed E-state index contributed by atoms with van der Waals surface area (Å²) in [7, 11) is -1.81. The number of anilines is 1. The highest BCUT2D eigenvalue weighted by atomic mass is 32.2. The third kappa shape index (κ3) is 4.09. The molecule has 1 fully saturated rings. The Hall–Kier alpha value is -2.38. The third-order valence-corrected chi connectivity index (χ3v) is 7.87. The van der Waals surface area contributed by atoms with E-state index in [2.05, 4.69) is 0 Å². The Bertz CT molecular complexity index is 1030. The van der Waals surface area contributed by atoms with Crippen LogP contribution in [0.1, 0.15) is 36.8 Å². The van der Waals surface area contributed by atoms with Crippen molar-refractivity contribution >= 4 is 21.6 Å². The van der Waals surface area contributed by atoms with Crippen LogP contribution in [0.2, 0.25) is 0 Å². The minimum absolute atomic E-state index is 0.0528. The Kier molecular flexibility index (Phi) is 6.11. The van der Waals surface area contributed by atoms with E-state index in [9.17, 15) is 13.2 Å². The normalized spacial score (nSPS) is 17.0. The summed E-state index contributed by atoms with van der Waals surface area (Å²) in [5, 5.41) is 0. The Balaban J connectivity index is 1.51. The molecule has 2 aromatic carbocycles. The lowest BCUT2D eigenvalue weighted by molar-refractivity contribution is -0.118. The molecule has 0 bridgehead atoms. The molecule has 2 aliphatic rings. The second-order valence-electron chi connectivity index (χ2n) is 7.86. The second kappa shape index (κ2) is 8.78. The third-order valence-electron chi connectivity index (χ3n) is 5.97. The first kappa shape index (κ1) is 20.9. The van der Waals surface area contributed by atoms with Crippen LogP contribution < -0.4 is 9.64 Å². The maximum Gasteiger partial charge on any atom is 0.243 e. The van der Waals surface area contributed by atoms with Gasteiger partial charge in [-0.1, -0.05) is 18.2 Å². The van der Waals surface area contributed by atoms with Gasteiger partial charge in [-0.05, 0) is 67.5 Å². The van der Waals surface area contributed by atoms with Gasteiger partial charge in [0.05, 0.1) is 12.0 Å². The van der Waals surface area contributed by atoms with Gasteiger partial charge in [-0.15, -0.1) is 0 Å². The van der Waals surface area contributed by atoms with Crippen molar-refractivity contribution in [2.45, 2.75) is 43.4 Å². The fourth-order valence-corrected chi connectivity index (χ4v) is 5.92. The van der Waals surface area contributed by atoms with Crippen LogP contribution in [-0.2, 0) is 27.7 Å². The zero-order valence-corrected chi connectivity index (χ0v) is 18.2. The number of methoxy groups -OCH3 is 1. The van der Waals surface area contributed by atoms with Crippen molar-refractivity contribution in [3.05, 3.63) is 53.6 Å². The first-order valence-corrected chi connectivity index (χ1v) is 12.0. The number of amides is 1. The van der Waals surface area contributed by atoms with Crippen LogP contribution in [0.5, 0.6) is 5.75 Å². The van der Waals surface area contributed by atoms with Crippen LogP contribution in [0.3, 0.4) is 0 Å². The molecule has 2 heterocycles. The van der Waals surface area contributed by atoms with E-state index in [1.807, 2.05) is 24.3 Å². The molecule has 2 aromatic rings. The molecule has 30 heavy (non-hydrogen) atoms. The molecule has 6 nitrogen and oxygen atoms in total. The molecule has 0 atom stereocenters. The summed E-state index contributed by atoms with van der Waals surface area (Å²) in [5.41, 5.74) is 2.79. The van der Waals surface area contributed by atoms with Gasteiger partial charge in [-0.25, -0.2) is 8.42 Å². The van der Waals surface area contributed by atoms with Crippen molar-refractivity contribution in [1.82, 2.24) is 4.31 Å². The quantitative estimate of drug-likeness (QED) is 0.707. The average Bonchev–Trinajstić information content (AvgIpc) is 3.32. The highest BCUT2D eigenvalue weighted by Gasteiger charge is 2.29. The number of sulfonamides is 1. The number of rotatable bonds is 6. The van der Waals surface area contributed by atoms with Gasteiger partial charge in [0, 0.05) is 31.7 Å². The SMILES string of the molecule is COc1ccccc1CCC(=O)N1CCCc2cc(S(=O)(=O)N3CCCC3)ccc21. The van der Waals surface area contributed by atoms with Gasteiger partial charge in [0.25, 0.3) is 0 Å². The summed E-state index contributed by atoms with van der Waals surface area (Å²) in [6.07, 6.45) is 4.44. The molecule has 0 N–H and O–H groups in total. The van der Waals surface area contributed by atoms with Gasteiger partial charge in [0.15, 0.2) is 0 Å². The topological polar surface area (TPSA) is 66.9 Å². The van der Waals surface area contributed by atoms with E-state index < -0.39 is 10.0 Å². The van der Waals surface area contributed by atoms with E-state index in [-0.39, 0.29) is 5.91 Å². The van der Waals surface area contributed by atoms with E-state index in [0.717, 1.165) is 48.2 Å². The van der Waals surface area contributed by atoms with Crippen LogP contribution in [0.4, 0.5) is 5.69 Å². The lowest BCUT2D eigenvalue weighted by Gasteiger charge is -2.30. The summed E-state index contributed by atoms with van der Waals surface area (Å²) < 4.78 is 32.7. The van der Waals surface area contributed by atoms with E-state index >= 15 is 0 Å². The summed E-state index contributed by atoms with van der Waals surface area (Å²) in [4.78, 5) is 15.1. The molecule has 0 spiro atoms. The number of aryl methyl sites for hydroxylation is 2. The number of nitrogens with zero attached hydrogens (tertiary/aromatic N) is 2. The highest BCUT2D eigenvalue weighted by molar-refractivity contribution is 7.89. The molecule has 4 rings (SSSR count). The Morgan fingerprint density at radius 2 is 1.80 bits per heavy atom. The predicted octanol–water partition coefficient (Wildman–Crippen LogP) is 3.39. The summed E-state index contributed by atoms with van der Waals surface area (Å²) in [6, 6.07) is 13.0. The Labute approximate surface area is 178 Å². The van der Waals surface area contributed by atoms with E-state index in [1.165, 1.54) is 0 Å². The molecular formula is C23H28N2O4S. The molecule has 0 radical (unpaired) electrons.